The normalized spacial score (nSPS) is 14.8. The number of anilines is 1. The second-order valence-electron chi connectivity index (χ2n) is 7.51. The molecule has 4 rings (SSSR count). The van der Waals surface area contributed by atoms with Gasteiger partial charge in [0.1, 0.15) is 0 Å². The molecule has 1 aromatic carbocycles. The summed E-state index contributed by atoms with van der Waals surface area (Å²) in [6.07, 6.45) is 0.812. The minimum Gasteiger partial charge on any atom is -0.369 e. The van der Waals surface area contributed by atoms with Crippen molar-refractivity contribution in [3.8, 4) is 10.7 Å². The van der Waals surface area contributed by atoms with E-state index in [0.717, 1.165) is 37.6 Å². The van der Waals surface area contributed by atoms with Crippen molar-refractivity contribution in [2.45, 2.75) is 19.8 Å². The maximum atomic E-state index is 12.1. The summed E-state index contributed by atoms with van der Waals surface area (Å²) in [5, 5.41) is 8.95. The third kappa shape index (κ3) is 5.46. The van der Waals surface area contributed by atoms with Crippen LogP contribution >= 0.6 is 11.3 Å². The van der Waals surface area contributed by atoms with Gasteiger partial charge in [-0.05, 0) is 36.1 Å². The summed E-state index contributed by atoms with van der Waals surface area (Å²) in [5.74, 6) is 1.11. The number of nitrogens with one attached hydrogen (secondary N) is 1. The summed E-state index contributed by atoms with van der Waals surface area (Å²) in [6.45, 7) is 7.71. The van der Waals surface area contributed by atoms with E-state index in [-0.39, 0.29) is 5.91 Å². The number of nitrogens with zero attached hydrogens (tertiary/aromatic N) is 4. The zero-order valence-corrected chi connectivity index (χ0v) is 18.0. The lowest BCUT2D eigenvalue weighted by atomic mass is 10.2. The lowest BCUT2D eigenvalue weighted by Crippen LogP contribution is -2.48. The molecular weight excluding hydrogens is 398 g/mol. The SMILES string of the molecule is Cc1cccc(N2CCN(CCNC(=O)CCc3nc(-c4cccs4)no3)CC2)c1. The molecule has 1 aliphatic heterocycles. The van der Waals surface area contributed by atoms with Gasteiger partial charge >= 0.3 is 0 Å². The van der Waals surface area contributed by atoms with Crippen LogP contribution in [0.25, 0.3) is 10.7 Å². The first-order valence-electron chi connectivity index (χ1n) is 10.3. The lowest BCUT2D eigenvalue weighted by Gasteiger charge is -2.36. The molecule has 3 heterocycles. The van der Waals surface area contributed by atoms with Gasteiger partial charge in [0.25, 0.3) is 0 Å². The van der Waals surface area contributed by atoms with Gasteiger partial charge in [-0.1, -0.05) is 23.4 Å². The van der Waals surface area contributed by atoms with Crippen molar-refractivity contribution < 1.29 is 9.32 Å². The highest BCUT2D eigenvalue weighted by atomic mass is 32.1. The number of thiophene rings is 1. The van der Waals surface area contributed by atoms with Gasteiger partial charge in [-0.15, -0.1) is 11.3 Å². The Morgan fingerprint density at radius 2 is 2.07 bits per heavy atom. The summed E-state index contributed by atoms with van der Waals surface area (Å²) in [5.41, 5.74) is 2.59. The van der Waals surface area contributed by atoms with Crippen LogP contribution in [-0.4, -0.2) is 60.2 Å². The van der Waals surface area contributed by atoms with Gasteiger partial charge < -0.3 is 14.7 Å². The third-order valence-electron chi connectivity index (χ3n) is 5.26. The van der Waals surface area contributed by atoms with Crippen molar-refractivity contribution in [1.29, 1.82) is 0 Å². The first kappa shape index (κ1) is 20.6. The molecule has 1 aliphatic rings. The first-order chi connectivity index (χ1) is 14.7. The maximum absolute atomic E-state index is 12.1. The Morgan fingerprint density at radius 1 is 1.20 bits per heavy atom. The van der Waals surface area contributed by atoms with Crippen LogP contribution in [0.15, 0.2) is 46.3 Å². The summed E-state index contributed by atoms with van der Waals surface area (Å²) in [4.78, 5) is 22.3. The van der Waals surface area contributed by atoms with Crippen LogP contribution in [0.3, 0.4) is 0 Å². The summed E-state index contributed by atoms with van der Waals surface area (Å²) in [6, 6.07) is 12.6. The van der Waals surface area contributed by atoms with Crippen molar-refractivity contribution in [2.24, 2.45) is 0 Å². The highest BCUT2D eigenvalue weighted by Crippen LogP contribution is 2.21. The molecule has 0 aliphatic carbocycles. The Balaban J connectivity index is 1.13. The van der Waals surface area contributed by atoms with E-state index in [0.29, 0.717) is 31.1 Å². The maximum Gasteiger partial charge on any atom is 0.227 e. The van der Waals surface area contributed by atoms with Crippen LogP contribution in [0.5, 0.6) is 0 Å². The van der Waals surface area contributed by atoms with Gasteiger partial charge in [-0.3, -0.25) is 9.69 Å². The van der Waals surface area contributed by atoms with E-state index in [1.807, 2.05) is 17.5 Å². The average molecular weight is 426 g/mol. The number of amides is 1. The molecule has 30 heavy (non-hydrogen) atoms. The van der Waals surface area contributed by atoms with Crippen LogP contribution in [0.1, 0.15) is 17.9 Å². The zero-order chi connectivity index (χ0) is 20.8. The summed E-state index contributed by atoms with van der Waals surface area (Å²) >= 11 is 1.57. The zero-order valence-electron chi connectivity index (χ0n) is 17.2. The predicted molar refractivity (Wildman–Crippen MR) is 119 cm³/mol. The predicted octanol–water partition coefficient (Wildman–Crippen LogP) is 2.98. The van der Waals surface area contributed by atoms with Crippen molar-refractivity contribution in [3.05, 3.63) is 53.2 Å². The van der Waals surface area contributed by atoms with E-state index in [4.69, 9.17) is 4.52 Å². The molecular formula is C22H27N5O2S. The number of piperazine rings is 1. The highest BCUT2D eigenvalue weighted by molar-refractivity contribution is 7.13. The molecule has 0 saturated carbocycles. The quantitative estimate of drug-likeness (QED) is 0.598. The van der Waals surface area contributed by atoms with Crippen molar-refractivity contribution in [2.75, 3.05) is 44.2 Å². The topological polar surface area (TPSA) is 74.5 Å². The second-order valence-corrected chi connectivity index (χ2v) is 8.45. The van der Waals surface area contributed by atoms with Gasteiger partial charge in [0.05, 0.1) is 4.88 Å². The van der Waals surface area contributed by atoms with Crippen molar-refractivity contribution in [1.82, 2.24) is 20.4 Å². The second kappa shape index (κ2) is 9.86. The molecule has 3 aromatic rings. The molecule has 0 unspecified atom stereocenters. The van der Waals surface area contributed by atoms with Crippen LogP contribution in [0, 0.1) is 6.92 Å². The van der Waals surface area contributed by atoms with Gasteiger partial charge in [-0.2, -0.15) is 4.98 Å². The van der Waals surface area contributed by atoms with Gasteiger partial charge in [0, 0.05) is 57.8 Å². The standard InChI is InChI=1S/C22H27N5O2S/c1-17-4-2-5-18(16-17)27-13-11-26(12-14-27)10-9-23-20(28)7-8-21-24-22(25-29-21)19-6-3-15-30-19/h2-6,15-16H,7-14H2,1H3,(H,23,28). The molecule has 0 bridgehead atoms. The van der Waals surface area contributed by atoms with E-state index < -0.39 is 0 Å². The molecule has 1 N–H and O–H groups in total. The largest absolute Gasteiger partial charge is 0.369 e. The molecule has 7 nitrogen and oxygen atoms in total. The van der Waals surface area contributed by atoms with Crippen LogP contribution in [-0.2, 0) is 11.2 Å². The van der Waals surface area contributed by atoms with Crippen molar-refractivity contribution in [3.63, 3.8) is 0 Å². The number of carbonyl (C=O) groups is 1. The molecule has 0 atom stereocenters. The van der Waals surface area contributed by atoms with Crippen molar-refractivity contribution >= 4 is 22.9 Å². The molecule has 0 spiro atoms. The van der Waals surface area contributed by atoms with E-state index >= 15 is 0 Å². The molecule has 1 saturated heterocycles. The Bertz CT molecular complexity index is 948. The minimum absolute atomic E-state index is 0.0178. The van der Waals surface area contributed by atoms with Gasteiger partial charge in [0.15, 0.2) is 0 Å². The third-order valence-corrected chi connectivity index (χ3v) is 6.13. The smallest absolute Gasteiger partial charge is 0.227 e. The molecule has 1 amide bonds. The first-order valence-corrected chi connectivity index (χ1v) is 11.2. The molecule has 1 fully saturated rings. The number of hydrogen-bond donors (Lipinski definition) is 1. The number of hydrogen-bond acceptors (Lipinski definition) is 7. The highest BCUT2D eigenvalue weighted by Gasteiger charge is 2.17. The fourth-order valence-electron chi connectivity index (χ4n) is 3.58. The Labute approximate surface area is 180 Å². The van der Waals surface area contributed by atoms with E-state index in [2.05, 4.69) is 56.4 Å². The molecule has 0 radical (unpaired) electrons. The summed E-state index contributed by atoms with van der Waals surface area (Å²) < 4.78 is 5.25. The van der Waals surface area contributed by atoms with Gasteiger partial charge in [-0.25, -0.2) is 0 Å². The van der Waals surface area contributed by atoms with Gasteiger partial charge in [0.2, 0.25) is 17.6 Å². The van der Waals surface area contributed by atoms with Crippen LogP contribution < -0.4 is 10.2 Å². The molecule has 8 heteroatoms. The number of aromatic nitrogens is 2. The number of benzene rings is 1. The van der Waals surface area contributed by atoms with E-state index in [1.54, 1.807) is 11.3 Å². The Morgan fingerprint density at radius 3 is 2.83 bits per heavy atom. The fraction of sp³-hybridized carbons (Fsp3) is 0.409. The summed E-state index contributed by atoms with van der Waals surface area (Å²) in [7, 11) is 0. The minimum atomic E-state index is 0.0178. The number of rotatable bonds is 8. The van der Waals surface area contributed by atoms with E-state index in [9.17, 15) is 4.79 Å². The van der Waals surface area contributed by atoms with E-state index in [1.165, 1.54) is 11.3 Å². The lowest BCUT2D eigenvalue weighted by molar-refractivity contribution is -0.121. The number of aryl methyl sites for hydroxylation is 2. The molecule has 158 valence electrons. The number of carbonyl (C=O) groups excluding carboxylic acids is 1. The Hall–Kier alpha value is -2.71. The van der Waals surface area contributed by atoms with Crippen LogP contribution in [0.2, 0.25) is 0 Å². The average Bonchev–Trinajstić information content (AvgIpc) is 3.45. The molecule has 2 aromatic heterocycles. The fourth-order valence-corrected chi connectivity index (χ4v) is 4.23. The monoisotopic (exact) mass is 425 g/mol. The van der Waals surface area contributed by atoms with Crippen LogP contribution in [0.4, 0.5) is 5.69 Å². The Kier molecular flexibility index (Phi) is 6.76.